The van der Waals surface area contributed by atoms with Crippen LogP contribution in [-0.4, -0.2) is 12.1 Å². The quantitative estimate of drug-likeness (QED) is 0.817. The Kier molecular flexibility index (Phi) is 4.46. The second kappa shape index (κ2) is 6.10. The number of ether oxygens (including phenoxy) is 1. The highest BCUT2D eigenvalue weighted by Gasteiger charge is 2.13. The van der Waals surface area contributed by atoms with Gasteiger partial charge in [0, 0.05) is 17.6 Å². The minimum Gasteiger partial charge on any atom is -0.489 e. The Bertz CT molecular complexity index is 596. The summed E-state index contributed by atoms with van der Waals surface area (Å²) in [5.41, 5.74) is 1.28. The standard InChI is InChI=1S/C18H23NO/c1-5-12-20-17-11-10-14-8-6-7-9-15(14)16(17)13-19-18(2,3)4/h5-11,19H,1,12-13H2,2-4H3. The minimum absolute atomic E-state index is 0.0760. The van der Waals surface area contributed by atoms with Crippen LogP contribution in [-0.2, 0) is 6.54 Å². The van der Waals surface area contributed by atoms with Crippen molar-refractivity contribution in [3.63, 3.8) is 0 Å². The first-order valence-corrected chi connectivity index (χ1v) is 7.00. The van der Waals surface area contributed by atoms with Gasteiger partial charge in [-0.2, -0.15) is 0 Å². The fraction of sp³-hybridized carbons (Fsp3) is 0.333. The molecule has 0 aliphatic heterocycles. The molecular formula is C18H23NO. The lowest BCUT2D eigenvalue weighted by Crippen LogP contribution is -2.35. The molecule has 0 radical (unpaired) electrons. The molecule has 0 saturated heterocycles. The van der Waals surface area contributed by atoms with Gasteiger partial charge in [-0.15, -0.1) is 0 Å². The second-order valence-electron chi connectivity index (χ2n) is 5.97. The summed E-state index contributed by atoms with van der Waals surface area (Å²) in [5.74, 6) is 0.931. The van der Waals surface area contributed by atoms with Crippen molar-refractivity contribution in [2.75, 3.05) is 6.61 Å². The van der Waals surface area contributed by atoms with E-state index >= 15 is 0 Å². The zero-order valence-corrected chi connectivity index (χ0v) is 12.6. The monoisotopic (exact) mass is 269 g/mol. The molecule has 0 aliphatic carbocycles. The number of nitrogens with one attached hydrogen (secondary N) is 1. The molecule has 20 heavy (non-hydrogen) atoms. The first kappa shape index (κ1) is 14.6. The summed E-state index contributed by atoms with van der Waals surface area (Å²) in [5, 5.41) is 6.02. The molecule has 0 spiro atoms. The lowest BCUT2D eigenvalue weighted by atomic mass is 10.0. The van der Waals surface area contributed by atoms with Gasteiger partial charge in [-0.3, -0.25) is 0 Å². The van der Waals surface area contributed by atoms with Crippen molar-refractivity contribution in [2.45, 2.75) is 32.9 Å². The van der Waals surface area contributed by atoms with E-state index in [9.17, 15) is 0 Å². The molecule has 0 aliphatic rings. The SMILES string of the molecule is C=CCOc1ccc2ccccc2c1CNC(C)(C)C. The van der Waals surface area contributed by atoms with E-state index in [1.807, 2.05) is 6.07 Å². The Morgan fingerprint density at radius 1 is 1.15 bits per heavy atom. The van der Waals surface area contributed by atoms with E-state index in [-0.39, 0.29) is 5.54 Å². The zero-order chi connectivity index (χ0) is 14.6. The summed E-state index contributed by atoms with van der Waals surface area (Å²) < 4.78 is 5.80. The van der Waals surface area contributed by atoms with Gasteiger partial charge >= 0.3 is 0 Å². The van der Waals surface area contributed by atoms with E-state index in [1.165, 1.54) is 16.3 Å². The van der Waals surface area contributed by atoms with Crippen LogP contribution in [0.5, 0.6) is 5.75 Å². The predicted molar refractivity (Wildman–Crippen MR) is 86.2 cm³/mol. The summed E-state index contributed by atoms with van der Waals surface area (Å²) >= 11 is 0. The topological polar surface area (TPSA) is 21.3 Å². The van der Waals surface area contributed by atoms with Gasteiger partial charge in [0.15, 0.2) is 0 Å². The van der Waals surface area contributed by atoms with Crippen LogP contribution in [0.15, 0.2) is 49.1 Å². The number of hydrogen-bond donors (Lipinski definition) is 1. The van der Waals surface area contributed by atoms with Crippen molar-refractivity contribution in [1.82, 2.24) is 5.32 Å². The van der Waals surface area contributed by atoms with E-state index in [4.69, 9.17) is 4.74 Å². The summed E-state index contributed by atoms with van der Waals surface area (Å²) in [6.07, 6.45) is 1.77. The first-order chi connectivity index (χ1) is 9.51. The molecule has 0 amide bonds. The highest BCUT2D eigenvalue weighted by molar-refractivity contribution is 5.87. The predicted octanol–water partition coefficient (Wildman–Crippen LogP) is 4.29. The van der Waals surface area contributed by atoms with E-state index in [2.05, 4.69) is 63.0 Å². The maximum absolute atomic E-state index is 5.80. The first-order valence-electron chi connectivity index (χ1n) is 7.00. The fourth-order valence-electron chi connectivity index (χ4n) is 2.14. The fourth-order valence-corrected chi connectivity index (χ4v) is 2.14. The van der Waals surface area contributed by atoms with Crippen molar-refractivity contribution in [3.8, 4) is 5.75 Å². The smallest absolute Gasteiger partial charge is 0.124 e. The molecule has 0 atom stereocenters. The highest BCUT2D eigenvalue weighted by atomic mass is 16.5. The molecule has 0 heterocycles. The molecule has 106 valence electrons. The van der Waals surface area contributed by atoms with Crippen LogP contribution in [0.25, 0.3) is 10.8 Å². The van der Waals surface area contributed by atoms with Crippen molar-refractivity contribution in [1.29, 1.82) is 0 Å². The maximum Gasteiger partial charge on any atom is 0.124 e. The van der Waals surface area contributed by atoms with Crippen molar-refractivity contribution in [3.05, 3.63) is 54.6 Å². The van der Waals surface area contributed by atoms with Crippen LogP contribution in [0.4, 0.5) is 0 Å². The van der Waals surface area contributed by atoms with Gasteiger partial charge in [-0.25, -0.2) is 0 Å². The molecular weight excluding hydrogens is 246 g/mol. The third kappa shape index (κ3) is 3.61. The molecule has 0 unspecified atom stereocenters. The Hall–Kier alpha value is -1.80. The normalized spacial score (nSPS) is 11.6. The van der Waals surface area contributed by atoms with Crippen LogP contribution in [0.2, 0.25) is 0 Å². The number of rotatable bonds is 5. The molecule has 2 heteroatoms. The summed E-state index contributed by atoms with van der Waals surface area (Å²) in [6, 6.07) is 12.6. The van der Waals surface area contributed by atoms with Gasteiger partial charge in [0.2, 0.25) is 0 Å². The molecule has 1 N–H and O–H groups in total. The number of fused-ring (bicyclic) bond motifs is 1. The molecule has 2 aromatic rings. The van der Waals surface area contributed by atoms with Crippen LogP contribution >= 0.6 is 0 Å². The Labute approximate surface area is 121 Å². The van der Waals surface area contributed by atoms with Crippen LogP contribution in [0, 0.1) is 0 Å². The molecule has 2 aromatic carbocycles. The van der Waals surface area contributed by atoms with E-state index in [0.717, 1.165) is 12.3 Å². The zero-order valence-electron chi connectivity index (χ0n) is 12.6. The van der Waals surface area contributed by atoms with E-state index < -0.39 is 0 Å². The van der Waals surface area contributed by atoms with Gasteiger partial charge < -0.3 is 10.1 Å². The minimum atomic E-state index is 0.0760. The van der Waals surface area contributed by atoms with Gasteiger partial charge in [0.1, 0.15) is 12.4 Å². The number of hydrogen-bond acceptors (Lipinski definition) is 2. The van der Waals surface area contributed by atoms with E-state index in [0.29, 0.717) is 6.61 Å². The molecule has 0 saturated carbocycles. The molecule has 2 nitrogen and oxygen atoms in total. The maximum atomic E-state index is 5.80. The molecule has 0 aromatic heterocycles. The summed E-state index contributed by atoms with van der Waals surface area (Å²) in [6.45, 7) is 11.5. The van der Waals surface area contributed by atoms with Gasteiger partial charge in [0.25, 0.3) is 0 Å². The van der Waals surface area contributed by atoms with Gasteiger partial charge in [0.05, 0.1) is 0 Å². The lowest BCUT2D eigenvalue weighted by Gasteiger charge is -2.22. The summed E-state index contributed by atoms with van der Waals surface area (Å²) in [7, 11) is 0. The molecule has 0 bridgehead atoms. The molecule has 0 fully saturated rings. The van der Waals surface area contributed by atoms with Crippen LogP contribution < -0.4 is 10.1 Å². The lowest BCUT2D eigenvalue weighted by molar-refractivity contribution is 0.354. The van der Waals surface area contributed by atoms with Crippen molar-refractivity contribution in [2.24, 2.45) is 0 Å². The highest BCUT2D eigenvalue weighted by Crippen LogP contribution is 2.28. The Morgan fingerprint density at radius 3 is 2.60 bits per heavy atom. The molecule has 2 rings (SSSR count). The third-order valence-corrected chi connectivity index (χ3v) is 3.15. The average Bonchev–Trinajstić information content (AvgIpc) is 2.42. The van der Waals surface area contributed by atoms with Crippen molar-refractivity contribution >= 4 is 10.8 Å². The van der Waals surface area contributed by atoms with Crippen LogP contribution in [0.1, 0.15) is 26.3 Å². The largest absolute Gasteiger partial charge is 0.489 e. The van der Waals surface area contributed by atoms with Crippen molar-refractivity contribution < 1.29 is 4.74 Å². The Morgan fingerprint density at radius 2 is 1.90 bits per heavy atom. The number of benzene rings is 2. The summed E-state index contributed by atoms with van der Waals surface area (Å²) in [4.78, 5) is 0. The average molecular weight is 269 g/mol. The van der Waals surface area contributed by atoms with E-state index in [1.54, 1.807) is 6.08 Å². The third-order valence-electron chi connectivity index (χ3n) is 3.15. The van der Waals surface area contributed by atoms with Gasteiger partial charge in [-0.1, -0.05) is 43.0 Å². The second-order valence-corrected chi connectivity index (χ2v) is 5.97. The Balaban J connectivity index is 2.41. The van der Waals surface area contributed by atoms with Gasteiger partial charge in [-0.05, 0) is 37.6 Å². The van der Waals surface area contributed by atoms with Crippen LogP contribution in [0.3, 0.4) is 0 Å².